The van der Waals surface area contributed by atoms with Gasteiger partial charge in [0.1, 0.15) is 0 Å². The Morgan fingerprint density at radius 2 is 1.95 bits per heavy atom. The molecule has 0 aliphatic carbocycles. The van der Waals surface area contributed by atoms with Crippen molar-refractivity contribution in [2.45, 2.75) is 65.5 Å². The molecule has 0 amide bonds. The summed E-state index contributed by atoms with van der Waals surface area (Å²) in [6.07, 6.45) is 4.00. The van der Waals surface area contributed by atoms with E-state index in [1.807, 2.05) is 13.8 Å². The molecule has 1 fully saturated rings. The molecule has 2 N–H and O–H groups in total. The second kappa shape index (κ2) is 8.32. The van der Waals surface area contributed by atoms with E-state index >= 15 is 0 Å². The number of piperidine rings is 1. The number of rotatable bonds is 8. The van der Waals surface area contributed by atoms with Crippen LogP contribution in [0, 0.1) is 5.92 Å². The third kappa shape index (κ3) is 4.98. The van der Waals surface area contributed by atoms with E-state index < -0.39 is 10.2 Å². The van der Waals surface area contributed by atoms with Gasteiger partial charge in [-0.1, -0.05) is 33.6 Å². The Morgan fingerprint density at radius 3 is 2.55 bits per heavy atom. The van der Waals surface area contributed by atoms with Gasteiger partial charge in [0, 0.05) is 25.2 Å². The van der Waals surface area contributed by atoms with E-state index in [0.29, 0.717) is 12.5 Å². The molecular formula is C14H31N3O2S. The standard InChI is InChI=1S/C14H31N3O2S/c1-5-12(3)13(4)16-20(18,19)17-10-8-7-9-14(17)11-15-6-2/h12-16H,5-11H2,1-4H3. The van der Waals surface area contributed by atoms with Crippen molar-refractivity contribution in [1.82, 2.24) is 14.3 Å². The Labute approximate surface area is 124 Å². The smallest absolute Gasteiger partial charge is 0.279 e. The number of likely N-dealkylation sites (N-methyl/N-ethyl adjacent to an activating group) is 1. The van der Waals surface area contributed by atoms with Crippen LogP contribution in [0.2, 0.25) is 0 Å². The fourth-order valence-electron chi connectivity index (χ4n) is 2.58. The molecule has 1 rings (SSSR count). The van der Waals surface area contributed by atoms with E-state index in [1.165, 1.54) is 0 Å². The highest BCUT2D eigenvalue weighted by molar-refractivity contribution is 7.87. The van der Waals surface area contributed by atoms with Crippen molar-refractivity contribution in [2.24, 2.45) is 5.92 Å². The Hall–Kier alpha value is -0.170. The molecule has 0 aromatic carbocycles. The molecule has 1 heterocycles. The van der Waals surface area contributed by atoms with Crippen molar-refractivity contribution in [3.05, 3.63) is 0 Å². The van der Waals surface area contributed by atoms with Gasteiger partial charge in [0.2, 0.25) is 0 Å². The van der Waals surface area contributed by atoms with Crippen LogP contribution in [0.25, 0.3) is 0 Å². The summed E-state index contributed by atoms with van der Waals surface area (Å²) >= 11 is 0. The van der Waals surface area contributed by atoms with Crippen LogP contribution in [0.5, 0.6) is 0 Å². The molecule has 0 radical (unpaired) electrons. The molecule has 120 valence electrons. The van der Waals surface area contributed by atoms with Gasteiger partial charge in [0.15, 0.2) is 0 Å². The van der Waals surface area contributed by atoms with Crippen molar-refractivity contribution in [3.63, 3.8) is 0 Å². The predicted molar refractivity (Wildman–Crippen MR) is 83.9 cm³/mol. The first-order valence-corrected chi connectivity index (χ1v) is 9.36. The minimum Gasteiger partial charge on any atom is -0.315 e. The molecule has 0 bridgehead atoms. The summed E-state index contributed by atoms with van der Waals surface area (Å²) in [7, 11) is -3.37. The van der Waals surface area contributed by atoms with Gasteiger partial charge in [-0.25, -0.2) is 0 Å². The third-order valence-electron chi connectivity index (χ3n) is 4.34. The molecular weight excluding hydrogens is 274 g/mol. The minimum atomic E-state index is -3.37. The maximum absolute atomic E-state index is 12.6. The SMILES string of the molecule is CCNCC1CCCCN1S(=O)(=O)NC(C)C(C)CC. The van der Waals surface area contributed by atoms with Crippen LogP contribution in [0.4, 0.5) is 0 Å². The van der Waals surface area contributed by atoms with Gasteiger partial charge < -0.3 is 5.32 Å². The Kier molecular flexibility index (Phi) is 7.43. The molecule has 1 aliphatic rings. The lowest BCUT2D eigenvalue weighted by atomic mass is 10.0. The van der Waals surface area contributed by atoms with Crippen LogP contribution in [-0.2, 0) is 10.2 Å². The van der Waals surface area contributed by atoms with Crippen LogP contribution in [-0.4, -0.2) is 44.4 Å². The van der Waals surface area contributed by atoms with Crippen molar-refractivity contribution in [1.29, 1.82) is 0 Å². The number of hydrogen-bond acceptors (Lipinski definition) is 3. The maximum atomic E-state index is 12.6. The Balaban J connectivity index is 2.71. The molecule has 5 nitrogen and oxygen atoms in total. The molecule has 0 saturated carbocycles. The first-order chi connectivity index (χ1) is 9.42. The van der Waals surface area contributed by atoms with E-state index in [9.17, 15) is 8.42 Å². The van der Waals surface area contributed by atoms with Crippen molar-refractivity contribution in [3.8, 4) is 0 Å². The minimum absolute atomic E-state index is 0.0216. The van der Waals surface area contributed by atoms with Crippen LogP contribution in [0.3, 0.4) is 0 Å². The van der Waals surface area contributed by atoms with E-state index in [2.05, 4.69) is 23.9 Å². The first kappa shape index (κ1) is 17.9. The first-order valence-electron chi connectivity index (χ1n) is 7.92. The molecule has 20 heavy (non-hydrogen) atoms. The van der Waals surface area contributed by atoms with E-state index in [4.69, 9.17) is 0 Å². The fraction of sp³-hybridized carbons (Fsp3) is 1.00. The summed E-state index contributed by atoms with van der Waals surface area (Å²) < 4.78 is 29.7. The van der Waals surface area contributed by atoms with Gasteiger partial charge in [-0.3, -0.25) is 0 Å². The molecule has 3 unspecified atom stereocenters. The molecule has 0 aromatic heterocycles. The Morgan fingerprint density at radius 1 is 1.25 bits per heavy atom. The highest BCUT2D eigenvalue weighted by atomic mass is 32.2. The molecule has 0 aromatic rings. The number of nitrogens with zero attached hydrogens (tertiary/aromatic N) is 1. The maximum Gasteiger partial charge on any atom is 0.279 e. The molecule has 1 saturated heterocycles. The van der Waals surface area contributed by atoms with Crippen LogP contribution >= 0.6 is 0 Å². The predicted octanol–water partition coefficient (Wildman–Crippen LogP) is 1.72. The summed E-state index contributed by atoms with van der Waals surface area (Å²) in [6.45, 7) is 10.4. The normalized spacial score (nSPS) is 24.5. The summed E-state index contributed by atoms with van der Waals surface area (Å²) in [4.78, 5) is 0. The van der Waals surface area contributed by atoms with Crippen LogP contribution in [0.1, 0.15) is 53.4 Å². The number of nitrogens with one attached hydrogen (secondary N) is 2. The van der Waals surface area contributed by atoms with Gasteiger partial charge in [0.05, 0.1) is 0 Å². The largest absolute Gasteiger partial charge is 0.315 e. The molecule has 3 atom stereocenters. The van der Waals surface area contributed by atoms with E-state index in [1.54, 1.807) is 4.31 Å². The summed E-state index contributed by atoms with van der Waals surface area (Å²) in [6, 6.07) is 0.0667. The quantitative estimate of drug-likeness (QED) is 0.718. The van der Waals surface area contributed by atoms with Gasteiger partial charge in [-0.2, -0.15) is 17.4 Å². The van der Waals surface area contributed by atoms with Gasteiger partial charge >= 0.3 is 0 Å². The molecule has 1 aliphatic heterocycles. The second-order valence-corrected chi connectivity index (χ2v) is 7.52. The topological polar surface area (TPSA) is 61.4 Å². The van der Waals surface area contributed by atoms with E-state index in [0.717, 1.165) is 38.8 Å². The molecule has 6 heteroatoms. The zero-order chi connectivity index (χ0) is 15.2. The van der Waals surface area contributed by atoms with Crippen LogP contribution < -0.4 is 10.0 Å². The highest BCUT2D eigenvalue weighted by Gasteiger charge is 2.33. The van der Waals surface area contributed by atoms with Gasteiger partial charge in [0.25, 0.3) is 10.2 Å². The van der Waals surface area contributed by atoms with Gasteiger partial charge in [-0.15, -0.1) is 0 Å². The number of hydrogen-bond donors (Lipinski definition) is 2. The highest BCUT2D eigenvalue weighted by Crippen LogP contribution is 2.20. The van der Waals surface area contributed by atoms with E-state index in [-0.39, 0.29) is 12.1 Å². The van der Waals surface area contributed by atoms with Crippen molar-refractivity contribution in [2.75, 3.05) is 19.6 Å². The average Bonchev–Trinajstić information content (AvgIpc) is 2.43. The zero-order valence-electron chi connectivity index (χ0n) is 13.4. The third-order valence-corrected chi connectivity index (χ3v) is 6.11. The monoisotopic (exact) mass is 305 g/mol. The lowest BCUT2D eigenvalue weighted by Crippen LogP contribution is -2.54. The molecule has 0 spiro atoms. The average molecular weight is 305 g/mol. The van der Waals surface area contributed by atoms with Crippen molar-refractivity contribution < 1.29 is 8.42 Å². The summed E-state index contributed by atoms with van der Waals surface area (Å²) in [5.41, 5.74) is 0. The second-order valence-electron chi connectivity index (χ2n) is 5.87. The van der Waals surface area contributed by atoms with Crippen molar-refractivity contribution >= 4 is 10.2 Å². The lowest BCUT2D eigenvalue weighted by Gasteiger charge is -2.36. The zero-order valence-corrected chi connectivity index (χ0v) is 14.2. The lowest BCUT2D eigenvalue weighted by molar-refractivity contribution is 0.241. The fourth-order valence-corrected chi connectivity index (χ4v) is 4.36. The summed E-state index contributed by atoms with van der Waals surface area (Å²) in [5.74, 6) is 0.349. The van der Waals surface area contributed by atoms with Crippen LogP contribution in [0.15, 0.2) is 0 Å². The summed E-state index contributed by atoms with van der Waals surface area (Å²) in [5, 5.41) is 3.27. The Bertz CT molecular complexity index is 373. The van der Waals surface area contributed by atoms with Gasteiger partial charge in [-0.05, 0) is 32.2 Å².